The van der Waals surface area contributed by atoms with Crippen molar-refractivity contribution >= 4 is 0 Å². The molecule has 2 aromatic heterocycles. The fraction of sp³-hybridized carbons (Fsp3) is 0.360. The molecular formula is C25H28FN3O. The Hall–Kier alpha value is -2.63. The summed E-state index contributed by atoms with van der Waals surface area (Å²) >= 11 is 0. The predicted molar refractivity (Wildman–Crippen MR) is 115 cm³/mol. The molecule has 4 rings (SSSR count). The molecule has 0 aliphatic carbocycles. The number of aliphatic hydroxyl groups excluding tert-OH is 1. The van der Waals surface area contributed by atoms with E-state index in [0.29, 0.717) is 12.1 Å². The molecule has 3 heterocycles. The number of aryl methyl sites for hydroxylation is 2. The second-order valence-electron chi connectivity index (χ2n) is 8.12. The van der Waals surface area contributed by atoms with Crippen LogP contribution in [0.15, 0.2) is 54.9 Å². The van der Waals surface area contributed by atoms with Gasteiger partial charge in [0, 0.05) is 18.9 Å². The first-order valence-corrected chi connectivity index (χ1v) is 10.6. The van der Waals surface area contributed by atoms with Gasteiger partial charge in [-0.3, -0.25) is 14.9 Å². The Bertz CT molecular complexity index is 969. The average molecular weight is 406 g/mol. The smallest absolute Gasteiger partial charge is 0.123 e. The summed E-state index contributed by atoms with van der Waals surface area (Å²) in [5.41, 5.74) is 6.10. The van der Waals surface area contributed by atoms with E-state index in [4.69, 9.17) is 9.97 Å². The number of likely N-dealkylation sites (tertiary alicyclic amines) is 1. The maximum atomic E-state index is 13.8. The second kappa shape index (κ2) is 9.02. The summed E-state index contributed by atoms with van der Waals surface area (Å²) in [7, 11) is 0. The highest BCUT2D eigenvalue weighted by atomic mass is 19.1. The lowest BCUT2D eigenvalue weighted by molar-refractivity contribution is 0.0671. The summed E-state index contributed by atoms with van der Waals surface area (Å²) in [5, 5.41) is 9.82. The highest BCUT2D eigenvalue weighted by molar-refractivity contribution is 5.30. The monoisotopic (exact) mass is 405 g/mol. The van der Waals surface area contributed by atoms with E-state index < -0.39 is 0 Å². The summed E-state index contributed by atoms with van der Waals surface area (Å²) in [5.74, 6) is -0.323. The molecule has 0 saturated carbocycles. The summed E-state index contributed by atoms with van der Waals surface area (Å²) in [6.45, 7) is 4.64. The van der Waals surface area contributed by atoms with E-state index in [2.05, 4.69) is 30.9 Å². The molecule has 156 valence electrons. The van der Waals surface area contributed by atoms with Crippen molar-refractivity contribution in [3.63, 3.8) is 0 Å². The van der Waals surface area contributed by atoms with Crippen LogP contribution in [0.3, 0.4) is 0 Å². The van der Waals surface area contributed by atoms with Crippen molar-refractivity contribution in [3.05, 3.63) is 94.3 Å². The quantitative estimate of drug-likeness (QED) is 0.634. The van der Waals surface area contributed by atoms with Crippen molar-refractivity contribution in [1.82, 2.24) is 14.9 Å². The number of piperidine rings is 1. The van der Waals surface area contributed by atoms with Crippen LogP contribution in [0.2, 0.25) is 0 Å². The number of halogens is 1. The van der Waals surface area contributed by atoms with E-state index in [0.717, 1.165) is 36.2 Å². The van der Waals surface area contributed by atoms with Crippen LogP contribution in [-0.4, -0.2) is 20.0 Å². The molecule has 0 bridgehead atoms. The van der Waals surface area contributed by atoms with E-state index in [1.165, 1.54) is 23.3 Å². The van der Waals surface area contributed by atoms with Crippen molar-refractivity contribution in [1.29, 1.82) is 0 Å². The fourth-order valence-electron chi connectivity index (χ4n) is 4.65. The third-order valence-corrected chi connectivity index (χ3v) is 6.18. The Morgan fingerprint density at radius 1 is 0.933 bits per heavy atom. The van der Waals surface area contributed by atoms with E-state index in [9.17, 15) is 9.50 Å². The Morgan fingerprint density at radius 2 is 1.53 bits per heavy atom. The van der Waals surface area contributed by atoms with E-state index in [-0.39, 0.29) is 24.5 Å². The van der Waals surface area contributed by atoms with Crippen LogP contribution >= 0.6 is 0 Å². The van der Waals surface area contributed by atoms with Gasteiger partial charge in [0.2, 0.25) is 0 Å². The molecule has 1 N–H and O–H groups in total. The number of hydrogen-bond acceptors (Lipinski definition) is 4. The summed E-state index contributed by atoms with van der Waals surface area (Å²) in [6, 6.07) is 13.1. The maximum absolute atomic E-state index is 13.8. The number of hydrogen-bond donors (Lipinski definition) is 1. The number of nitrogens with zero attached hydrogens (tertiary/aromatic N) is 3. The molecule has 0 unspecified atom stereocenters. The molecule has 1 fully saturated rings. The van der Waals surface area contributed by atoms with Gasteiger partial charge in [0.15, 0.2) is 0 Å². The van der Waals surface area contributed by atoms with Gasteiger partial charge in [-0.1, -0.05) is 18.2 Å². The van der Waals surface area contributed by atoms with Crippen LogP contribution in [0.25, 0.3) is 0 Å². The highest BCUT2D eigenvalue weighted by Crippen LogP contribution is 2.43. The largest absolute Gasteiger partial charge is 0.392 e. The zero-order valence-corrected chi connectivity index (χ0v) is 17.6. The highest BCUT2D eigenvalue weighted by Gasteiger charge is 2.35. The zero-order valence-electron chi connectivity index (χ0n) is 17.6. The second-order valence-corrected chi connectivity index (χ2v) is 8.12. The van der Waals surface area contributed by atoms with Gasteiger partial charge in [-0.2, -0.15) is 0 Å². The van der Waals surface area contributed by atoms with Gasteiger partial charge in [-0.15, -0.1) is 0 Å². The Morgan fingerprint density at radius 3 is 2.07 bits per heavy atom. The lowest BCUT2D eigenvalue weighted by atomic mass is 9.88. The standard InChI is InChI=1S/C25H28FN3O/c1-17-6-4-12-27-24(17)22-8-3-9-23(25-18(2)7-5-13-28-25)29(22)15-19-10-11-21(26)14-20(19)16-30/h4-7,10-14,22-23,30H,3,8-9,15-16H2,1-2H3/t22-,23+. The minimum atomic E-state index is -0.323. The number of pyridine rings is 2. The molecule has 0 spiro atoms. The molecule has 4 nitrogen and oxygen atoms in total. The molecule has 1 aromatic carbocycles. The Kier molecular flexibility index (Phi) is 6.21. The minimum Gasteiger partial charge on any atom is -0.392 e. The average Bonchev–Trinajstić information content (AvgIpc) is 2.76. The van der Waals surface area contributed by atoms with Crippen molar-refractivity contribution in [2.24, 2.45) is 0 Å². The van der Waals surface area contributed by atoms with E-state index in [1.807, 2.05) is 24.5 Å². The van der Waals surface area contributed by atoms with Crippen molar-refractivity contribution in [2.75, 3.05) is 0 Å². The first-order valence-electron chi connectivity index (χ1n) is 10.6. The van der Waals surface area contributed by atoms with Crippen LogP contribution < -0.4 is 0 Å². The van der Waals surface area contributed by atoms with Crippen LogP contribution in [0, 0.1) is 19.7 Å². The van der Waals surface area contributed by atoms with Crippen LogP contribution in [-0.2, 0) is 13.2 Å². The molecule has 1 saturated heterocycles. The molecule has 5 heteroatoms. The topological polar surface area (TPSA) is 49.2 Å². The normalized spacial score (nSPS) is 19.7. The molecule has 2 atom stereocenters. The third kappa shape index (κ3) is 4.13. The first-order chi connectivity index (χ1) is 14.6. The van der Waals surface area contributed by atoms with Gasteiger partial charge < -0.3 is 5.11 Å². The summed E-state index contributed by atoms with van der Waals surface area (Å²) in [6.07, 6.45) is 6.82. The van der Waals surface area contributed by atoms with Crippen LogP contribution in [0.5, 0.6) is 0 Å². The molecular weight excluding hydrogens is 377 g/mol. The molecule has 0 amide bonds. The van der Waals surface area contributed by atoms with Gasteiger partial charge in [-0.25, -0.2) is 4.39 Å². The van der Waals surface area contributed by atoms with Gasteiger partial charge >= 0.3 is 0 Å². The van der Waals surface area contributed by atoms with Gasteiger partial charge in [0.25, 0.3) is 0 Å². The minimum absolute atomic E-state index is 0.142. The number of aliphatic hydroxyl groups is 1. The molecule has 1 aliphatic heterocycles. The van der Waals surface area contributed by atoms with Crippen molar-refractivity contribution in [3.8, 4) is 0 Å². The van der Waals surface area contributed by atoms with Gasteiger partial charge in [0.05, 0.1) is 30.1 Å². The van der Waals surface area contributed by atoms with Crippen molar-refractivity contribution < 1.29 is 9.50 Å². The van der Waals surface area contributed by atoms with Crippen molar-refractivity contribution in [2.45, 2.75) is 58.3 Å². The number of rotatable bonds is 5. The summed E-state index contributed by atoms with van der Waals surface area (Å²) < 4.78 is 13.8. The Balaban J connectivity index is 1.79. The van der Waals surface area contributed by atoms with Crippen LogP contribution in [0.4, 0.5) is 4.39 Å². The number of benzene rings is 1. The zero-order chi connectivity index (χ0) is 21.1. The fourth-order valence-corrected chi connectivity index (χ4v) is 4.65. The molecule has 30 heavy (non-hydrogen) atoms. The molecule has 0 radical (unpaired) electrons. The third-order valence-electron chi connectivity index (χ3n) is 6.18. The lowest BCUT2D eigenvalue weighted by Gasteiger charge is -2.42. The van der Waals surface area contributed by atoms with Gasteiger partial charge in [0.1, 0.15) is 5.82 Å². The summed E-state index contributed by atoms with van der Waals surface area (Å²) in [4.78, 5) is 11.9. The van der Waals surface area contributed by atoms with Gasteiger partial charge in [-0.05, 0) is 79.6 Å². The predicted octanol–water partition coefficient (Wildman–Crippen LogP) is 5.19. The van der Waals surface area contributed by atoms with Crippen LogP contribution in [0.1, 0.15) is 65.0 Å². The lowest BCUT2D eigenvalue weighted by Crippen LogP contribution is -2.37. The maximum Gasteiger partial charge on any atom is 0.123 e. The Labute approximate surface area is 177 Å². The first kappa shape index (κ1) is 20.6. The van der Waals surface area contributed by atoms with E-state index in [1.54, 1.807) is 6.07 Å². The van der Waals surface area contributed by atoms with E-state index >= 15 is 0 Å². The molecule has 1 aliphatic rings. The SMILES string of the molecule is Cc1cccnc1[C@H]1CCC[C@@H](c2ncccc2C)N1Cc1ccc(F)cc1CO. The number of aromatic nitrogens is 2. The molecule has 3 aromatic rings.